The summed E-state index contributed by atoms with van der Waals surface area (Å²) in [6.45, 7) is 4.70. The number of likely N-dealkylation sites (tertiary alicyclic amines) is 1. The van der Waals surface area contributed by atoms with E-state index in [-0.39, 0.29) is 6.03 Å². The van der Waals surface area contributed by atoms with Crippen LogP contribution in [0.3, 0.4) is 0 Å². The van der Waals surface area contributed by atoms with Gasteiger partial charge in [-0.1, -0.05) is 31.9 Å². The fourth-order valence-corrected chi connectivity index (χ4v) is 2.94. The van der Waals surface area contributed by atoms with Crippen molar-refractivity contribution in [1.29, 1.82) is 0 Å². The topological polar surface area (TPSA) is 52.6 Å². The molecule has 21 heavy (non-hydrogen) atoms. The van der Waals surface area contributed by atoms with E-state index in [9.17, 15) is 9.90 Å². The van der Waals surface area contributed by atoms with Crippen molar-refractivity contribution in [3.63, 3.8) is 0 Å². The molecule has 0 spiro atoms. The van der Waals surface area contributed by atoms with Crippen LogP contribution in [0.1, 0.15) is 57.6 Å². The van der Waals surface area contributed by atoms with Crippen molar-refractivity contribution < 1.29 is 9.90 Å². The van der Waals surface area contributed by atoms with Gasteiger partial charge < -0.3 is 15.3 Å². The van der Waals surface area contributed by atoms with Crippen LogP contribution in [0.25, 0.3) is 0 Å². The van der Waals surface area contributed by atoms with Crippen LogP contribution in [-0.4, -0.2) is 28.6 Å². The Bertz CT molecular complexity index is 474. The first-order chi connectivity index (χ1) is 10.1. The zero-order valence-electron chi connectivity index (χ0n) is 13.0. The number of rotatable bonds is 3. The number of anilines is 1. The predicted octanol–water partition coefficient (Wildman–Crippen LogP) is 3.93. The molecule has 0 radical (unpaired) electrons. The minimum absolute atomic E-state index is 0.0218. The van der Waals surface area contributed by atoms with Crippen LogP contribution in [0.4, 0.5) is 10.5 Å². The molecular weight excluding hydrogens is 264 g/mol. The van der Waals surface area contributed by atoms with Crippen LogP contribution in [-0.2, 0) is 0 Å². The quantitative estimate of drug-likeness (QED) is 0.886. The lowest BCUT2D eigenvalue weighted by Gasteiger charge is -2.29. The SMILES string of the molecule is CCC1CCCCCN1C(=O)Nc1cccc(C(C)O)c1. The van der Waals surface area contributed by atoms with Crippen molar-refractivity contribution in [3.8, 4) is 0 Å². The van der Waals surface area contributed by atoms with Crippen molar-refractivity contribution in [2.45, 2.75) is 58.1 Å². The van der Waals surface area contributed by atoms with Gasteiger partial charge in [-0.05, 0) is 43.9 Å². The minimum Gasteiger partial charge on any atom is -0.389 e. The largest absolute Gasteiger partial charge is 0.389 e. The number of nitrogens with zero attached hydrogens (tertiary/aromatic N) is 1. The molecule has 0 aromatic heterocycles. The van der Waals surface area contributed by atoms with E-state index in [4.69, 9.17) is 0 Å². The maximum absolute atomic E-state index is 12.5. The van der Waals surface area contributed by atoms with E-state index in [1.54, 1.807) is 6.92 Å². The van der Waals surface area contributed by atoms with Gasteiger partial charge in [-0.3, -0.25) is 0 Å². The number of aliphatic hydroxyl groups excluding tert-OH is 1. The number of benzene rings is 1. The summed E-state index contributed by atoms with van der Waals surface area (Å²) in [5, 5.41) is 12.6. The first kappa shape index (κ1) is 15.8. The molecule has 0 saturated carbocycles. The van der Waals surface area contributed by atoms with Crippen LogP contribution >= 0.6 is 0 Å². The van der Waals surface area contributed by atoms with Crippen molar-refractivity contribution >= 4 is 11.7 Å². The standard InChI is InChI=1S/C17H26N2O2/c1-3-16-10-5-4-6-11-19(16)17(21)18-15-9-7-8-14(12-15)13(2)20/h7-9,12-13,16,20H,3-6,10-11H2,1-2H3,(H,18,21). The molecule has 1 heterocycles. The third kappa shape index (κ3) is 4.21. The van der Waals surface area contributed by atoms with Gasteiger partial charge in [0.05, 0.1) is 6.10 Å². The number of amides is 2. The Balaban J connectivity index is 2.07. The fourth-order valence-electron chi connectivity index (χ4n) is 2.94. The Morgan fingerprint density at radius 1 is 1.43 bits per heavy atom. The van der Waals surface area contributed by atoms with E-state index in [0.717, 1.165) is 37.1 Å². The average molecular weight is 290 g/mol. The second kappa shape index (κ2) is 7.46. The van der Waals surface area contributed by atoms with Gasteiger partial charge in [0.15, 0.2) is 0 Å². The molecule has 2 N–H and O–H groups in total. The molecule has 4 nitrogen and oxygen atoms in total. The number of hydrogen-bond donors (Lipinski definition) is 2. The highest BCUT2D eigenvalue weighted by atomic mass is 16.3. The maximum atomic E-state index is 12.5. The summed E-state index contributed by atoms with van der Waals surface area (Å²) in [5.74, 6) is 0. The van der Waals surface area contributed by atoms with Gasteiger partial charge >= 0.3 is 6.03 Å². The second-order valence-corrected chi connectivity index (χ2v) is 5.84. The molecule has 1 aromatic rings. The fraction of sp³-hybridized carbons (Fsp3) is 0.588. The maximum Gasteiger partial charge on any atom is 0.322 e. The number of aliphatic hydroxyl groups is 1. The molecule has 1 aliphatic heterocycles. The van der Waals surface area contributed by atoms with E-state index >= 15 is 0 Å². The molecule has 2 rings (SSSR count). The molecule has 4 heteroatoms. The van der Waals surface area contributed by atoms with E-state index in [1.807, 2.05) is 29.2 Å². The monoisotopic (exact) mass is 290 g/mol. The van der Waals surface area contributed by atoms with Gasteiger partial charge in [-0.2, -0.15) is 0 Å². The zero-order chi connectivity index (χ0) is 15.2. The van der Waals surface area contributed by atoms with Crippen molar-refractivity contribution in [3.05, 3.63) is 29.8 Å². The van der Waals surface area contributed by atoms with Crippen LogP contribution in [0, 0.1) is 0 Å². The minimum atomic E-state index is -0.525. The third-order valence-electron chi connectivity index (χ3n) is 4.23. The summed E-state index contributed by atoms with van der Waals surface area (Å²) >= 11 is 0. The van der Waals surface area contributed by atoms with Gasteiger partial charge in [0.25, 0.3) is 0 Å². The third-order valence-corrected chi connectivity index (χ3v) is 4.23. The number of hydrogen-bond acceptors (Lipinski definition) is 2. The molecule has 1 aromatic carbocycles. The van der Waals surface area contributed by atoms with Crippen LogP contribution in [0.2, 0.25) is 0 Å². The Morgan fingerprint density at radius 3 is 2.95 bits per heavy atom. The lowest BCUT2D eigenvalue weighted by Crippen LogP contribution is -2.42. The number of nitrogens with one attached hydrogen (secondary N) is 1. The molecule has 1 fully saturated rings. The normalized spacial score (nSPS) is 20.7. The Hall–Kier alpha value is -1.55. The molecule has 116 valence electrons. The smallest absolute Gasteiger partial charge is 0.322 e. The summed E-state index contributed by atoms with van der Waals surface area (Å²) in [6, 6.07) is 7.74. The lowest BCUT2D eigenvalue weighted by atomic mass is 10.1. The molecular formula is C17H26N2O2. The van der Waals surface area contributed by atoms with Crippen molar-refractivity contribution in [2.75, 3.05) is 11.9 Å². The number of carbonyl (C=O) groups excluding carboxylic acids is 1. The first-order valence-electron chi connectivity index (χ1n) is 7.97. The highest BCUT2D eigenvalue weighted by Crippen LogP contribution is 2.21. The van der Waals surface area contributed by atoms with E-state index in [2.05, 4.69) is 12.2 Å². The Morgan fingerprint density at radius 2 is 2.24 bits per heavy atom. The van der Waals surface area contributed by atoms with Crippen LogP contribution in [0.5, 0.6) is 0 Å². The van der Waals surface area contributed by atoms with Gasteiger partial charge in [0.1, 0.15) is 0 Å². The molecule has 2 amide bonds. The van der Waals surface area contributed by atoms with Gasteiger partial charge in [-0.25, -0.2) is 4.79 Å². The molecule has 2 atom stereocenters. The van der Waals surface area contributed by atoms with Gasteiger partial charge in [0.2, 0.25) is 0 Å². The number of urea groups is 1. The lowest BCUT2D eigenvalue weighted by molar-refractivity contribution is 0.187. The zero-order valence-corrected chi connectivity index (χ0v) is 13.0. The Kier molecular flexibility index (Phi) is 5.62. The molecule has 0 aliphatic carbocycles. The van der Waals surface area contributed by atoms with Crippen molar-refractivity contribution in [2.24, 2.45) is 0 Å². The Labute approximate surface area is 127 Å². The van der Waals surface area contributed by atoms with Gasteiger partial charge in [0, 0.05) is 18.3 Å². The second-order valence-electron chi connectivity index (χ2n) is 5.84. The molecule has 1 saturated heterocycles. The molecule has 0 bridgehead atoms. The summed E-state index contributed by atoms with van der Waals surface area (Å²) < 4.78 is 0. The summed E-state index contributed by atoms with van der Waals surface area (Å²) in [6.07, 6.45) is 5.07. The van der Waals surface area contributed by atoms with E-state index < -0.39 is 6.10 Å². The average Bonchev–Trinajstić information content (AvgIpc) is 2.72. The van der Waals surface area contributed by atoms with Crippen LogP contribution in [0.15, 0.2) is 24.3 Å². The molecule has 1 aliphatic rings. The highest BCUT2D eigenvalue weighted by Gasteiger charge is 2.24. The van der Waals surface area contributed by atoms with Crippen LogP contribution < -0.4 is 5.32 Å². The molecule has 2 unspecified atom stereocenters. The predicted molar refractivity (Wildman–Crippen MR) is 85.3 cm³/mol. The van der Waals surface area contributed by atoms with E-state index in [0.29, 0.717) is 6.04 Å². The summed E-state index contributed by atoms with van der Waals surface area (Å²) in [7, 11) is 0. The summed E-state index contributed by atoms with van der Waals surface area (Å²) in [4.78, 5) is 14.5. The van der Waals surface area contributed by atoms with Crippen molar-refractivity contribution in [1.82, 2.24) is 4.90 Å². The van der Waals surface area contributed by atoms with Gasteiger partial charge in [-0.15, -0.1) is 0 Å². The first-order valence-corrected chi connectivity index (χ1v) is 7.97. The van der Waals surface area contributed by atoms with E-state index in [1.165, 1.54) is 12.8 Å². The summed E-state index contributed by atoms with van der Waals surface area (Å²) in [5.41, 5.74) is 1.56. The highest BCUT2D eigenvalue weighted by molar-refractivity contribution is 5.89. The number of carbonyl (C=O) groups is 1.